The third-order valence-electron chi connectivity index (χ3n) is 3.99. The predicted octanol–water partition coefficient (Wildman–Crippen LogP) is 4.57. The molecule has 0 aliphatic heterocycles. The Morgan fingerprint density at radius 3 is 2.78 bits per heavy atom. The van der Waals surface area contributed by atoms with Crippen molar-refractivity contribution in [2.75, 3.05) is 7.11 Å². The maximum absolute atomic E-state index is 9.26. The number of nitrogens with zero attached hydrogens (tertiary/aromatic N) is 3. The zero-order valence-electron chi connectivity index (χ0n) is 13.8. The number of thiazole rings is 1. The van der Waals surface area contributed by atoms with Crippen molar-refractivity contribution >= 4 is 16.3 Å². The first kappa shape index (κ1) is 15.6. The summed E-state index contributed by atoms with van der Waals surface area (Å²) in [6.45, 7) is 6.34. The third kappa shape index (κ3) is 2.60. The normalized spacial score (nSPS) is 11.1. The molecule has 0 bridgehead atoms. The molecule has 23 heavy (non-hydrogen) atoms. The average Bonchev–Trinajstić information content (AvgIpc) is 3.07. The first-order valence-corrected chi connectivity index (χ1v) is 8.45. The molecule has 4 nitrogen and oxygen atoms in total. The first-order valence-electron chi connectivity index (χ1n) is 7.57. The topological polar surface area (TPSA) is 50.3 Å². The van der Waals surface area contributed by atoms with Crippen LogP contribution in [-0.4, -0.2) is 16.5 Å². The van der Waals surface area contributed by atoms with Crippen LogP contribution in [0.5, 0.6) is 5.75 Å². The Balaban J connectivity index is 2.23. The molecule has 118 valence electrons. The minimum absolute atomic E-state index is 0.345. The standard InChI is InChI=1S/C18H19N3OS/c1-11(2)15-10-23-18-20-17(14(7-8-19)21(15)18)13-5-6-16(22-4)12(3)9-13/h5-6,9-11H,7H2,1-4H3. The summed E-state index contributed by atoms with van der Waals surface area (Å²) >= 11 is 1.63. The molecule has 2 aromatic heterocycles. The van der Waals surface area contributed by atoms with Crippen LogP contribution in [0.2, 0.25) is 0 Å². The largest absolute Gasteiger partial charge is 0.496 e. The van der Waals surface area contributed by atoms with Crippen LogP contribution in [0.1, 0.15) is 36.7 Å². The Hall–Kier alpha value is -2.32. The number of imidazole rings is 1. The van der Waals surface area contributed by atoms with E-state index in [4.69, 9.17) is 9.72 Å². The minimum Gasteiger partial charge on any atom is -0.496 e. The van der Waals surface area contributed by atoms with Crippen molar-refractivity contribution < 1.29 is 4.74 Å². The lowest BCUT2D eigenvalue weighted by atomic mass is 10.1. The molecule has 0 spiro atoms. The van der Waals surface area contributed by atoms with Crippen LogP contribution in [-0.2, 0) is 6.42 Å². The number of aromatic nitrogens is 2. The highest BCUT2D eigenvalue weighted by Crippen LogP contribution is 2.33. The monoisotopic (exact) mass is 325 g/mol. The molecule has 0 aliphatic rings. The molecule has 2 heterocycles. The van der Waals surface area contributed by atoms with E-state index in [1.807, 2.05) is 19.1 Å². The number of ether oxygens (including phenoxy) is 1. The van der Waals surface area contributed by atoms with E-state index < -0.39 is 0 Å². The molecule has 3 rings (SSSR count). The summed E-state index contributed by atoms with van der Waals surface area (Å²) in [4.78, 5) is 5.74. The highest BCUT2D eigenvalue weighted by molar-refractivity contribution is 7.15. The second-order valence-electron chi connectivity index (χ2n) is 5.86. The van der Waals surface area contributed by atoms with E-state index in [-0.39, 0.29) is 0 Å². The third-order valence-corrected chi connectivity index (χ3v) is 4.84. The molecule has 0 N–H and O–H groups in total. The molecule has 0 saturated heterocycles. The number of nitriles is 1. The van der Waals surface area contributed by atoms with Crippen LogP contribution in [0.15, 0.2) is 23.6 Å². The molecule has 5 heteroatoms. The fourth-order valence-corrected chi connectivity index (χ4v) is 3.90. The smallest absolute Gasteiger partial charge is 0.194 e. The van der Waals surface area contributed by atoms with Gasteiger partial charge >= 0.3 is 0 Å². The Morgan fingerprint density at radius 2 is 2.17 bits per heavy atom. The lowest BCUT2D eigenvalue weighted by Gasteiger charge is -2.09. The van der Waals surface area contributed by atoms with Crippen molar-refractivity contribution in [1.29, 1.82) is 5.26 Å². The summed E-state index contributed by atoms with van der Waals surface area (Å²) in [6, 6.07) is 8.32. The van der Waals surface area contributed by atoms with Crippen LogP contribution in [0.25, 0.3) is 16.2 Å². The van der Waals surface area contributed by atoms with Gasteiger partial charge in [-0.25, -0.2) is 4.98 Å². The van der Waals surface area contributed by atoms with E-state index in [0.717, 1.165) is 33.2 Å². The van der Waals surface area contributed by atoms with Crippen LogP contribution in [0.3, 0.4) is 0 Å². The Morgan fingerprint density at radius 1 is 1.39 bits per heavy atom. The molecule has 0 atom stereocenters. The molecule has 0 fully saturated rings. The van der Waals surface area contributed by atoms with Gasteiger partial charge in [0.05, 0.1) is 31.0 Å². The van der Waals surface area contributed by atoms with Crippen LogP contribution >= 0.6 is 11.3 Å². The highest BCUT2D eigenvalue weighted by Gasteiger charge is 2.19. The SMILES string of the molecule is COc1ccc(-c2nc3scc(C(C)C)n3c2CC#N)cc1C. The summed E-state index contributed by atoms with van der Waals surface area (Å²) in [5.74, 6) is 1.25. The van der Waals surface area contributed by atoms with E-state index in [2.05, 4.69) is 35.8 Å². The second-order valence-corrected chi connectivity index (χ2v) is 6.70. The molecule has 0 unspecified atom stereocenters. The number of rotatable bonds is 4. The molecule has 0 saturated carbocycles. The first-order chi connectivity index (χ1) is 11.1. The number of methoxy groups -OCH3 is 1. The maximum Gasteiger partial charge on any atom is 0.194 e. The molecule has 0 radical (unpaired) electrons. The van der Waals surface area contributed by atoms with Gasteiger partial charge in [-0.05, 0) is 36.6 Å². The van der Waals surface area contributed by atoms with E-state index in [1.165, 1.54) is 5.69 Å². The van der Waals surface area contributed by atoms with Gasteiger partial charge in [-0.2, -0.15) is 5.26 Å². The van der Waals surface area contributed by atoms with Gasteiger partial charge in [0.25, 0.3) is 0 Å². The molecule has 3 aromatic rings. The molecule has 1 aromatic carbocycles. The molecular formula is C18H19N3OS. The predicted molar refractivity (Wildman–Crippen MR) is 93.2 cm³/mol. The summed E-state index contributed by atoms with van der Waals surface area (Å²) in [6.07, 6.45) is 0.345. The Bertz CT molecular complexity index is 899. The van der Waals surface area contributed by atoms with Crippen LogP contribution in [0.4, 0.5) is 0 Å². The van der Waals surface area contributed by atoms with Gasteiger partial charge in [0, 0.05) is 16.6 Å². The summed E-state index contributed by atoms with van der Waals surface area (Å²) in [5.41, 5.74) is 5.16. The number of aryl methyl sites for hydroxylation is 1. The average molecular weight is 325 g/mol. The zero-order chi connectivity index (χ0) is 16.6. The Labute approximate surface area is 140 Å². The highest BCUT2D eigenvalue weighted by atomic mass is 32.1. The maximum atomic E-state index is 9.26. The fraction of sp³-hybridized carbons (Fsp3) is 0.333. The summed E-state index contributed by atoms with van der Waals surface area (Å²) < 4.78 is 7.48. The van der Waals surface area contributed by atoms with Crippen LogP contribution in [0, 0.1) is 18.3 Å². The van der Waals surface area contributed by atoms with Gasteiger partial charge in [-0.1, -0.05) is 13.8 Å². The van der Waals surface area contributed by atoms with Crippen molar-refractivity contribution in [2.45, 2.75) is 33.1 Å². The second kappa shape index (κ2) is 6.05. The van der Waals surface area contributed by atoms with E-state index in [9.17, 15) is 5.26 Å². The van der Waals surface area contributed by atoms with Crippen molar-refractivity contribution in [2.24, 2.45) is 0 Å². The molecule has 0 amide bonds. The van der Waals surface area contributed by atoms with Gasteiger partial charge in [0.2, 0.25) is 0 Å². The van der Waals surface area contributed by atoms with Crippen molar-refractivity contribution in [3.63, 3.8) is 0 Å². The van der Waals surface area contributed by atoms with Gasteiger partial charge in [-0.3, -0.25) is 4.40 Å². The fourth-order valence-electron chi connectivity index (χ4n) is 2.83. The number of benzene rings is 1. The summed E-state index contributed by atoms with van der Waals surface area (Å²) in [7, 11) is 1.67. The van der Waals surface area contributed by atoms with Gasteiger partial charge in [0.1, 0.15) is 5.75 Å². The van der Waals surface area contributed by atoms with E-state index in [0.29, 0.717) is 12.3 Å². The lowest BCUT2D eigenvalue weighted by Crippen LogP contribution is -1.99. The van der Waals surface area contributed by atoms with E-state index in [1.54, 1.807) is 18.4 Å². The van der Waals surface area contributed by atoms with Crippen LogP contribution < -0.4 is 4.74 Å². The van der Waals surface area contributed by atoms with Gasteiger partial charge in [0.15, 0.2) is 4.96 Å². The number of hydrogen-bond acceptors (Lipinski definition) is 4. The zero-order valence-corrected chi connectivity index (χ0v) is 14.6. The van der Waals surface area contributed by atoms with Crippen molar-refractivity contribution in [3.05, 3.63) is 40.5 Å². The minimum atomic E-state index is 0.345. The Kier molecular flexibility index (Phi) is 4.10. The van der Waals surface area contributed by atoms with Gasteiger partial charge < -0.3 is 4.74 Å². The number of fused-ring (bicyclic) bond motifs is 1. The van der Waals surface area contributed by atoms with Gasteiger partial charge in [-0.15, -0.1) is 11.3 Å². The number of hydrogen-bond donors (Lipinski definition) is 0. The quantitative estimate of drug-likeness (QED) is 0.706. The van der Waals surface area contributed by atoms with E-state index >= 15 is 0 Å². The lowest BCUT2D eigenvalue weighted by molar-refractivity contribution is 0.412. The summed E-state index contributed by atoms with van der Waals surface area (Å²) in [5, 5.41) is 11.4. The molecular weight excluding hydrogens is 306 g/mol. The van der Waals surface area contributed by atoms with Crippen molar-refractivity contribution in [3.8, 4) is 23.1 Å². The van der Waals surface area contributed by atoms with Crippen molar-refractivity contribution in [1.82, 2.24) is 9.38 Å². The molecule has 0 aliphatic carbocycles.